The van der Waals surface area contributed by atoms with E-state index in [9.17, 15) is 4.79 Å². The minimum absolute atomic E-state index is 0.00987. The second-order valence-corrected chi connectivity index (χ2v) is 8.56. The number of nitrogens with zero attached hydrogens (tertiary/aromatic N) is 6. The van der Waals surface area contributed by atoms with E-state index < -0.39 is 0 Å². The van der Waals surface area contributed by atoms with Gasteiger partial charge in [0.15, 0.2) is 5.82 Å². The molecular weight excluding hydrogens is 424 g/mol. The summed E-state index contributed by atoms with van der Waals surface area (Å²) in [5.41, 5.74) is 3.31. The zero-order valence-electron chi connectivity index (χ0n) is 18.9. The van der Waals surface area contributed by atoms with Crippen LogP contribution in [0.1, 0.15) is 16.1 Å². The summed E-state index contributed by atoms with van der Waals surface area (Å²) in [7, 11) is 0. The molecule has 0 N–H and O–H groups in total. The third-order valence-electron chi connectivity index (χ3n) is 6.52. The molecule has 1 saturated heterocycles. The Morgan fingerprint density at radius 2 is 1.32 bits per heavy atom. The first-order valence-electron chi connectivity index (χ1n) is 11.5. The normalized spacial score (nSPS) is 14.1. The van der Waals surface area contributed by atoms with Crippen molar-refractivity contribution in [1.82, 2.24) is 24.6 Å². The molecule has 6 rings (SSSR count). The molecule has 0 bridgehead atoms. The van der Waals surface area contributed by atoms with Gasteiger partial charge in [-0.15, -0.1) is 0 Å². The lowest BCUT2D eigenvalue weighted by molar-refractivity contribution is 0.0745. The molecule has 1 fully saturated rings. The molecule has 3 aromatic heterocycles. The van der Waals surface area contributed by atoms with Crippen LogP contribution in [0.2, 0.25) is 0 Å². The Labute approximate surface area is 197 Å². The van der Waals surface area contributed by atoms with Crippen molar-refractivity contribution in [2.75, 3.05) is 31.1 Å². The number of para-hydroxylation sites is 2. The van der Waals surface area contributed by atoms with Crippen molar-refractivity contribution >= 4 is 33.5 Å². The second kappa shape index (κ2) is 8.26. The molecule has 0 saturated carbocycles. The Kier molecular flexibility index (Phi) is 4.95. The van der Waals surface area contributed by atoms with Crippen molar-refractivity contribution in [3.63, 3.8) is 0 Å². The van der Waals surface area contributed by atoms with Crippen molar-refractivity contribution in [2.24, 2.45) is 0 Å². The quantitative estimate of drug-likeness (QED) is 0.413. The van der Waals surface area contributed by atoms with Gasteiger partial charge in [0.2, 0.25) is 0 Å². The fourth-order valence-electron chi connectivity index (χ4n) is 4.56. The molecule has 5 aromatic rings. The summed E-state index contributed by atoms with van der Waals surface area (Å²) in [6.07, 6.45) is 1.66. The number of carbonyl (C=O) groups is 1. The largest absolute Gasteiger partial charge is 0.353 e. The lowest BCUT2D eigenvalue weighted by Crippen LogP contribution is -2.49. The number of amides is 1. The number of rotatable bonds is 3. The molecule has 168 valence electrons. The summed E-state index contributed by atoms with van der Waals surface area (Å²) in [4.78, 5) is 27.0. The Hall–Kier alpha value is -4.26. The Morgan fingerprint density at radius 1 is 0.735 bits per heavy atom. The van der Waals surface area contributed by atoms with Crippen molar-refractivity contribution in [2.45, 2.75) is 6.92 Å². The monoisotopic (exact) mass is 448 g/mol. The van der Waals surface area contributed by atoms with Crippen LogP contribution in [0.5, 0.6) is 0 Å². The van der Waals surface area contributed by atoms with Crippen LogP contribution >= 0.6 is 0 Å². The van der Waals surface area contributed by atoms with Gasteiger partial charge in [-0.2, -0.15) is 5.10 Å². The molecule has 2 aromatic carbocycles. The Morgan fingerprint density at radius 3 is 2.00 bits per heavy atom. The predicted molar refractivity (Wildman–Crippen MR) is 133 cm³/mol. The van der Waals surface area contributed by atoms with Gasteiger partial charge in [0.25, 0.3) is 5.91 Å². The molecule has 34 heavy (non-hydrogen) atoms. The second-order valence-electron chi connectivity index (χ2n) is 8.56. The van der Waals surface area contributed by atoms with E-state index in [0.717, 1.165) is 46.4 Å². The number of piperazine rings is 1. The zero-order chi connectivity index (χ0) is 23.1. The summed E-state index contributed by atoms with van der Waals surface area (Å²) < 4.78 is 1.74. The standard InChI is InChI=1S/C27H24N6O/c1-19-22(18-28-33(19)26-13-11-21-7-3-5-9-24(21)30-26)27(34)32-16-14-31(15-17-32)25-12-10-20-6-2-4-8-23(20)29-25/h2-13,18H,14-17H2,1H3. The first-order valence-corrected chi connectivity index (χ1v) is 11.5. The molecule has 1 amide bonds. The lowest BCUT2D eigenvalue weighted by atomic mass is 10.2. The number of pyridine rings is 2. The minimum atomic E-state index is 0.00987. The highest BCUT2D eigenvalue weighted by molar-refractivity contribution is 5.95. The number of benzene rings is 2. The fourth-order valence-corrected chi connectivity index (χ4v) is 4.56. The van der Waals surface area contributed by atoms with Gasteiger partial charge in [0.1, 0.15) is 5.82 Å². The van der Waals surface area contributed by atoms with Crippen LogP contribution in [0.15, 0.2) is 79.0 Å². The summed E-state index contributed by atoms with van der Waals surface area (Å²) in [6.45, 7) is 4.71. The molecule has 4 heterocycles. The van der Waals surface area contributed by atoms with E-state index in [1.165, 1.54) is 0 Å². The van der Waals surface area contributed by atoms with E-state index in [0.29, 0.717) is 24.5 Å². The maximum absolute atomic E-state index is 13.3. The number of fused-ring (bicyclic) bond motifs is 2. The lowest BCUT2D eigenvalue weighted by Gasteiger charge is -2.35. The fraction of sp³-hybridized carbons (Fsp3) is 0.185. The van der Waals surface area contributed by atoms with Gasteiger partial charge in [-0.3, -0.25) is 4.79 Å². The van der Waals surface area contributed by atoms with Gasteiger partial charge in [-0.25, -0.2) is 14.6 Å². The maximum atomic E-state index is 13.3. The van der Waals surface area contributed by atoms with Crippen LogP contribution in [0.25, 0.3) is 27.6 Å². The molecule has 0 unspecified atom stereocenters. The van der Waals surface area contributed by atoms with E-state index in [1.807, 2.05) is 66.4 Å². The Bertz CT molecular complexity index is 1520. The maximum Gasteiger partial charge on any atom is 0.257 e. The van der Waals surface area contributed by atoms with Gasteiger partial charge in [-0.05, 0) is 43.3 Å². The minimum Gasteiger partial charge on any atom is -0.353 e. The third kappa shape index (κ3) is 3.55. The number of hydrogen-bond donors (Lipinski definition) is 0. The van der Waals surface area contributed by atoms with Gasteiger partial charge in [0.05, 0.1) is 28.5 Å². The van der Waals surface area contributed by atoms with Crippen LogP contribution < -0.4 is 4.90 Å². The molecule has 7 heteroatoms. The van der Waals surface area contributed by atoms with Crippen LogP contribution in [0.4, 0.5) is 5.82 Å². The molecule has 0 aliphatic carbocycles. The molecule has 7 nitrogen and oxygen atoms in total. The van der Waals surface area contributed by atoms with Gasteiger partial charge < -0.3 is 9.80 Å². The highest BCUT2D eigenvalue weighted by Crippen LogP contribution is 2.21. The van der Waals surface area contributed by atoms with Crippen LogP contribution in [-0.4, -0.2) is 56.7 Å². The number of aromatic nitrogens is 4. The van der Waals surface area contributed by atoms with E-state index in [1.54, 1.807) is 10.9 Å². The van der Waals surface area contributed by atoms with Crippen LogP contribution in [-0.2, 0) is 0 Å². The topological polar surface area (TPSA) is 67.2 Å². The summed E-state index contributed by atoms with van der Waals surface area (Å²) in [5.74, 6) is 1.68. The zero-order valence-corrected chi connectivity index (χ0v) is 18.9. The average molecular weight is 449 g/mol. The molecule has 0 atom stereocenters. The molecule has 1 aliphatic rings. The van der Waals surface area contributed by atoms with E-state index in [4.69, 9.17) is 9.97 Å². The first kappa shape index (κ1) is 20.4. The summed E-state index contributed by atoms with van der Waals surface area (Å²) in [6, 6.07) is 24.2. The van der Waals surface area contributed by atoms with E-state index >= 15 is 0 Å². The summed E-state index contributed by atoms with van der Waals surface area (Å²) >= 11 is 0. The highest BCUT2D eigenvalue weighted by atomic mass is 16.2. The molecule has 1 aliphatic heterocycles. The molecule has 0 radical (unpaired) electrons. The van der Waals surface area contributed by atoms with Crippen molar-refractivity contribution < 1.29 is 4.79 Å². The Balaban J connectivity index is 1.18. The number of anilines is 1. The van der Waals surface area contributed by atoms with Gasteiger partial charge in [0, 0.05) is 37.0 Å². The average Bonchev–Trinajstić information content (AvgIpc) is 3.29. The number of carbonyl (C=O) groups excluding carboxylic acids is 1. The van der Waals surface area contributed by atoms with Gasteiger partial charge >= 0.3 is 0 Å². The van der Waals surface area contributed by atoms with Crippen molar-refractivity contribution in [3.8, 4) is 5.82 Å². The summed E-state index contributed by atoms with van der Waals surface area (Å²) in [5, 5.41) is 6.69. The van der Waals surface area contributed by atoms with Gasteiger partial charge in [-0.1, -0.05) is 36.4 Å². The smallest absolute Gasteiger partial charge is 0.257 e. The molecular formula is C27H24N6O. The number of hydrogen-bond acceptors (Lipinski definition) is 5. The van der Waals surface area contributed by atoms with Crippen LogP contribution in [0, 0.1) is 6.92 Å². The molecule has 0 spiro atoms. The third-order valence-corrected chi connectivity index (χ3v) is 6.52. The van der Waals surface area contributed by atoms with Crippen molar-refractivity contribution in [1.29, 1.82) is 0 Å². The van der Waals surface area contributed by atoms with E-state index in [-0.39, 0.29) is 5.91 Å². The van der Waals surface area contributed by atoms with Crippen molar-refractivity contribution in [3.05, 3.63) is 90.3 Å². The predicted octanol–water partition coefficient (Wildman–Crippen LogP) is 4.24. The first-order chi connectivity index (χ1) is 16.7. The van der Waals surface area contributed by atoms with E-state index in [2.05, 4.69) is 28.2 Å². The van der Waals surface area contributed by atoms with Crippen LogP contribution in [0.3, 0.4) is 0 Å². The highest BCUT2D eigenvalue weighted by Gasteiger charge is 2.26. The SMILES string of the molecule is Cc1c(C(=O)N2CCN(c3ccc4ccccc4n3)CC2)cnn1-c1ccc2ccccc2n1.